The Morgan fingerprint density at radius 2 is 2.10 bits per heavy atom. The van der Waals surface area contributed by atoms with Crippen LogP contribution in [0, 0.1) is 0 Å². The van der Waals surface area contributed by atoms with Crippen LogP contribution in [-0.4, -0.2) is 59.8 Å². The first-order valence-electron chi connectivity index (χ1n) is 11.3. The number of alkyl carbamates (subject to hydrolysis) is 1. The number of hydrogen-bond acceptors (Lipinski definition) is 5. The van der Waals surface area contributed by atoms with Crippen LogP contribution in [0.15, 0.2) is 4.99 Å². The number of hydrogen-bond donors (Lipinski definition) is 2. The summed E-state index contributed by atoms with van der Waals surface area (Å²) in [6.45, 7) is 11.0. The number of aliphatic imine (C=N–C) groups is 1. The van der Waals surface area contributed by atoms with Gasteiger partial charge in [0.15, 0.2) is 5.96 Å². The fraction of sp³-hybridized carbons (Fsp3) is 0.773. The van der Waals surface area contributed by atoms with E-state index >= 15 is 0 Å². The second-order valence-corrected chi connectivity index (χ2v) is 10.3. The fourth-order valence-electron chi connectivity index (χ4n) is 3.90. The molecule has 9 heteroatoms. The van der Waals surface area contributed by atoms with Gasteiger partial charge in [-0.1, -0.05) is 0 Å². The average molecular weight is 564 g/mol. The monoisotopic (exact) mass is 563 g/mol. The molecule has 2 heterocycles. The highest BCUT2D eigenvalue weighted by Crippen LogP contribution is 2.27. The molecule has 1 atom stereocenters. The first kappa shape index (κ1) is 26.2. The van der Waals surface area contributed by atoms with E-state index in [0.717, 1.165) is 57.8 Å². The van der Waals surface area contributed by atoms with Gasteiger partial charge in [0.2, 0.25) is 0 Å². The Morgan fingerprint density at radius 3 is 2.81 bits per heavy atom. The molecule has 1 saturated heterocycles. The van der Waals surface area contributed by atoms with Crippen molar-refractivity contribution in [2.45, 2.75) is 84.3 Å². The summed E-state index contributed by atoms with van der Waals surface area (Å²) in [6, 6.07) is 0.0883. The summed E-state index contributed by atoms with van der Waals surface area (Å²) in [4.78, 5) is 25.4. The Bertz CT molecular complexity index is 723. The van der Waals surface area contributed by atoms with Crippen LogP contribution < -0.4 is 10.6 Å². The molecule has 0 bridgehead atoms. The minimum atomic E-state index is -0.477. The topological polar surface area (TPSA) is 78.9 Å². The number of nitrogens with zero attached hydrogens (tertiary/aromatic N) is 3. The lowest BCUT2D eigenvalue weighted by molar-refractivity contribution is 0.0507. The van der Waals surface area contributed by atoms with Crippen molar-refractivity contribution < 1.29 is 9.53 Å². The zero-order valence-corrected chi connectivity index (χ0v) is 22.5. The van der Waals surface area contributed by atoms with Gasteiger partial charge in [0.05, 0.1) is 16.7 Å². The highest BCUT2D eigenvalue weighted by atomic mass is 127. The Balaban J connectivity index is 0.00000341. The molecule has 0 aromatic carbocycles. The van der Waals surface area contributed by atoms with Crippen LogP contribution in [0.3, 0.4) is 0 Å². The number of rotatable bonds is 6. The van der Waals surface area contributed by atoms with Crippen molar-refractivity contribution in [2.24, 2.45) is 4.99 Å². The van der Waals surface area contributed by atoms with Gasteiger partial charge in [0.25, 0.3) is 0 Å². The molecule has 0 saturated carbocycles. The molecule has 1 amide bonds. The number of halogens is 1. The van der Waals surface area contributed by atoms with Gasteiger partial charge in [-0.2, -0.15) is 0 Å². The maximum Gasteiger partial charge on any atom is 0.407 e. The number of carbonyl (C=O) groups is 1. The number of fused-ring (bicyclic) bond motifs is 1. The summed E-state index contributed by atoms with van der Waals surface area (Å²) in [5.74, 6) is 0.935. The van der Waals surface area contributed by atoms with Crippen LogP contribution in [-0.2, 0) is 24.0 Å². The van der Waals surface area contributed by atoms with E-state index < -0.39 is 5.60 Å². The van der Waals surface area contributed by atoms with Gasteiger partial charge in [-0.15, -0.1) is 35.3 Å². The number of aromatic nitrogens is 1. The lowest BCUT2D eigenvalue weighted by atomic mass is 10.0. The third-order valence-corrected chi connectivity index (χ3v) is 6.46. The molecule has 7 nitrogen and oxygen atoms in total. The van der Waals surface area contributed by atoms with Gasteiger partial charge in [0, 0.05) is 37.5 Å². The highest BCUT2D eigenvalue weighted by Gasteiger charge is 2.27. The van der Waals surface area contributed by atoms with Crippen LogP contribution in [0.25, 0.3) is 0 Å². The van der Waals surface area contributed by atoms with Crippen molar-refractivity contribution in [3.05, 3.63) is 15.6 Å². The summed E-state index contributed by atoms with van der Waals surface area (Å²) in [7, 11) is 0. The Labute approximate surface area is 207 Å². The summed E-state index contributed by atoms with van der Waals surface area (Å²) in [5.41, 5.74) is 0.869. The fourth-order valence-corrected chi connectivity index (χ4v) is 5.10. The van der Waals surface area contributed by atoms with Crippen molar-refractivity contribution in [2.75, 3.05) is 26.2 Å². The van der Waals surface area contributed by atoms with Crippen molar-refractivity contribution >= 4 is 47.4 Å². The lowest BCUT2D eigenvalue weighted by Crippen LogP contribution is -2.44. The second-order valence-electron chi connectivity index (χ2n) is 9.10. The molecule has 1 aromatic rings. The van der Waals surface area contributed by atoms with Crippen molar-refractivity contribution in [3.63, 3.8) is 0 Å². The molecular weight excluding hydrogens is 525 g/mol. The third kappa shape index (κ3) is 8.40. The van der Waals surface area contributed by atoms with E-state index in [2.05, 4.69) is 22.5 Å². The minimum Gasteiger partial charge on any atom is -0.444 e. The molecule has 2 aliphatic rings. The van der Waals surface area contributed by atoms with Gasteiger partial charge >= 0.3 is 6.09 Å². The largest absolute Gasteiger partial charge is 0.444 e. The van der Waals surface area contributed by atoms with Gasteiger partial charge in [-0.05, 0) is 66.2 Å². The molecule has 31 heavy (non-hydrogen) atoms. The molecule has 1 aromatic heterocycles. The van der Waals surface area contributed by atoms with Crippen LogP contribution in [0.4, 0.5) is 4.79 Å². The standard InChI is InChI=1S/C22H37N5O2S.HI/c1-5-23-20(27-14-12-16(15-27)25-21(28)29-22(2,3)4)24-13-8-11-19-26-17-9-6-7-10-18(17)30-19;/h16H,5-15H2,1-4H3,(H,23,24)(H,25,28);1H. The molecule has 1 aliphatic heterocycles. The Morgan fingerprint density at radius 1 is 1.32 bits per heavy atom. The number of ether oxygens (including phenoxy) is 1. The normalized spacial score (nSPS) is 18.9. The van der Waals surface area contributed by atoms with Crippen LogP contribution in [0.2, 0.25) is 0 Å². The Kier molecular flexibility index (Phi) is 10.3. The SMILES string of the molecule is CCNC(=NCCCc1nc2c(s1)CCCC2)N1CCC(NC(=O)OC(C)(C)C)C1.I. The molecule has 1 aliphatic carbocycles. The van der Waals surface area contributed by atoms with E-state index in [-0.39, 0.29) is 36.1 Å². The van der Waals surface area contributed by atoms with Crippen molar-refractivity contribution in [1.82, 2.24) is 20.5 Å². The predicted octanol–water partition coefficient (Wildman–Crippen LogP) is 4.14. The first-order valence-corrected chi connectivity index (χ1v) is 12.2. The Hall–Kier alpha value is -1.10. The van der Waals surface area contributed by atoms with E-state index in [1.54, 1.807) is 0 Å². The summed E-state index contributed by atoms with van der Waals surface area (Å²) in [5, 5.41) is 7.64. The maximum atomic E-state index is 12.0. The zero-order chi connectivity index (χ0) is 21.6. The summed E-state index contributed by atoms with van der Waals surface area (Å²) < 4.78 is 5.38. The highest BCUT2D eigenvalue weighted by molar-refractivity contribution is 14.0. The van der Waals surface area contributed by atoms with E-state index in [9.17, 15) is 4.79 Å². The van der Waals surface area contributed by atoms with Crippen LogP contribution >= 0.6 is 35.3 Å². The maximum absolute atomic E-state index is 12.0. The summed E-state index contributed by atoms with van der Waals surface area (Å²) >= 11 is 1.90. The van der Waals surface area contributed by atoms with Gasteiger partial charge in [-0.3, -0.25) is 4.99 Å². The van der Waals surface area contributed by atoms with Gasteiger partial charge in [0.1, 0.15) is 5.60 Å². The molecule has 1 unspecified atom stereocenters. The molecule has 176 valence electrons. The lowest BCUT2D eigenvalue weighted by Gasteiger charge is -2.23. The van der Waals surface area contributed by atoms with Crippen LogP contribution in [0.5, 0.6) is 0 Å². The summed E-state index contributed by atoms with van der Waals surface area (Å²) in [6.07, 6.45) is 7.52. The third-order valence-electron chi connectivity index (χ3n) is 5.24. The van der Waals surface area contributed by atoms with E-state index in [1.807, 2.05) is 32.1 Å². The van der Waals surface area contributed by atoms with E-state index in [0.29, 0.717) is 0 Å². The molecule has 0 radical (unpaired) electrons. The van der Waals surface area contributed by atoms with E-state index in [4.69, 9.17) is 14.7 Å². The number of carbonyl (C=O) groups excluding carboxylic acids is 1. The number of thiazole rings is 1. The van der Waals surface area contributed by atoms with Gasteiger partial charge < -0.3 is 20.3 Å². The predicted molar refractivity (Wildman–Crippen MR) is 138 cm³/mol. The molecule has 0 spiro atoms. The quantitative estimate of drug-likeness (QED) is 0.236. The number of aryl methyl sites for hydroxylation is 3. The smallest absolute Gasteiger partial charge is 0.407 e. The first-order chi connectivity index (χ1) is 14.3. The molecule has 2 N–H and O–H groups in total. The van der Waals surface area contributed by atoms with Crippen LogP contribution in [0.1, 0.15) is 69.0 Å². The zero-order valence-electron chi connectivity index (χ0n) is 19.3. The second kappa shape index (κ2) is 12.2. The number of amides is 1. The van der Waals surface area contributed by atoms with E-state index in [1.165, 1.54) is 34.8 Å². The average Bonchev–Trinajstić information content (AvgIpc) is 3.29. The van der Waals surface area contributed by atoms with Crippen molar-refractivity contribution in [1.29, 1.82) is 0 Å². The number of guanidine groups is 1. The molecule has 3 rings (SSSR count). The van der Waals surface area contributed by atoms with Crippen molar-refractivity contribution in [3.8, 4) is 0 Å². The van der Waals surface area contributed by atoms with Gasteiger partial charge in [-0.25, -0.2) is 9.78 Å². The molecular formula is C22H38IN5O2S. The number of likely N-dealkylation sites (tertiary alicyclic amines) is 1. The minimum absolute atomic E-state index is 0. The molecule has 1 fully saturated rings. The number of nitrogens with one attached hydrogen (secondary N) is 2.